The minimum absolute atomic E-state index is 0.0997. The number of piperazine rings is 1. The number of anilines is 2. The van der Waals surface area contributed by atoms with Gasteiger partial charge in [-0.3, -0.25) is 4.57 Å². The summed E-state index contributed by atoms with van der Waals surface area (Å²) in [4.78, 5) is 29.1. The summed E-state index contributed by atoms with van der Waals surface area (Å²) >= 11 is 0. The molecule has 8 heteroatoms. The second kappa shape index (κ2) is 8.63. The van der Waals surface area contributed by atoms with Crippen LogP contribution < -0.4 is 15.9 Å². The number of nitrogens with one attached hydrogen (secondary N) is 2. The smallest absolute Gasteiger partial charge is 0.326 e. The van der Waals surface area contributed by atoms with Crippen LogP contribution in [0.15, 0.2) is 47.5 Å². The zero-order valence-corrected chi connectivity index (χ0v) is 18.6. The first-order valence-corrected chi connectivity index (χ1v) is 11.3. The van der Waals surface area contributed by atoms with Gasteiger partial charge in [-0.2, -0.15) is 0 Å². The molecule has 4 aromatic rings. The molecule has 0 amide bonds. The molecule has 1 aliphatic heterocycles. The lowest BCUT2D eigenvalue weighted by Gasteiger charge is -2.36. The van der Waals surface area contributed by atoms with Crippen molar-refractivity contribution in [2.75, 3.05) is 42.9 Å². The van der Waals surface area contributed by atoms with Crippen molar-refractivity contribution in [3.63, 3.8) is 0 Å². The first-order chi connectivity index (χ1) is 15.7. The second-order valence-corrected chi connectivity index (χ2v) is 8.19. The molecule has 0 atom stereocenters. The number of aromatic nitrogens is 4. The van der Waals surface area contributed by atoms with Gasteiger partial charge in [-0.15, -0.1) is 0 Å². The van der Waals surface area contributed by atoms with Gasteiger partial charge in [0.25, 0.3) is 0 Å². The molecule has 32 heavy (non-hydrogen) atoms. The molecule has 0 aliphatic carbocycles. The van der Waals surface area contributed by atoms with E-state index in [-0.39, 0.29) is 5.69 Å². The molecule has 1 fully saturated rings. The summed E-state index contributed by atoms with van der Waals surface area (Å²) < 4.78 is 1.72. The second-order valence-electron chi connectivity index (χ2n) is 8.19. The van der Waals surface area contributed by atoms with E-state index in [4.69, 9.17) is 0 Å². The third-order valence-corrected chi connectivity index (χ3v) is 6.44. The van der Waals surface area contributed by atoms with E-state index in [0.29, 0.717) is 13.1 Å². The highest BCUT2D eigenvalue weighted by molar-refractivity contribution is 5.98. The van der Waals surface area contributed by atoms with Crippen LogP contribution in [0.5, 0.6) is 0 Å². The summed E-state index contributed by atoms with van der Waals surface area (Å²) in [5.74, 6) is 0.771. The quantitative estimate of drug-likeness (QED) is 0.488. The number of imidazole rings is 1. The van der Waals surface area contributed by atoms with Crippen LogP contribution >= 0.6 is 0 Å². The van der Waals surface area contributed by atoms with Crippen molar-refractivity contribution in [1.82, 2.24) is 24.4 Å². The van der Waals surface area contributed by atoms with Crippen molar-refractivity contribution in [3.8, 4) is 0 Å². The van der Waals surface area contributed by atoms with Crippen molar-refractivity contribution < 1.29 is 0 Å². The first-order valence-electron chi connectivity index (χ1n) is 11.3. The third-order valence-electron chi connectivity index (χ3n) is 6.44. The lowest BCUT2D eigenvalue weighted by molar-refractivity contribution is 0.271. The lowest BCUT2D eigenvalue weighted by Crippen LogP contribution is -2.46. The van der Waals surface area contributed by atoms with E-state index in [2.05, 4.69) is 61.3 Å². The van der Waals surface area contributed by atoms with Gasteiger partial charge in [0.15, 0.2) is 0 Å². The van der Waals surface area contributed by atoms with Gasteiger partial charge in [-0.05, 0) is 37.2 Å². The van der Waals surface area contributed by atoms with Crippen LogP contribution in [-0.4, -0.2) is 57.1 Å². The van der Waals surface area contributed by atoms with Gasteiger partial charge in [-0.1, -0.05) is 25.1 Å². The number of hydrogen-bond donors (Lipinski definition) is 2. The Balaban J connectivity index is 1.43. The Kier molecular flexibility index (Phi) is 5.53. The van der Waals surface area contributed by atoms with E-state index in [1.807, 2.05) is 19.1 Å². The Labute approximate surface area is 186 Å². The summed E-state index contributed by atoms with van der Waals surface area (Å²) in [6.45, 7) is 10.9. The zero-order chi connectivity index (χ0) is 22.1. The maximum absolute atomic E-state index is 12.2. The van der Waals surface area contributed by atoms with Crippen molar-refractivity contribution in [2.24, 2.45) is 0 Å². The highest BCUT2D eigenvalue weighted by Gasteiger charge is 2.18. The van der Waals surface area contributed by atoms with Crippen LogP contribution in [0.1, 0.15) is 19.4 Å². The van der Waals surface area contributed by atoms with Gasteiger partial charge >= 0.3 is 5.69 Å². The average Bonchev–Trinajstić information content (AvgIpc) is 3.15. The van der Waals surface area contributed by atoms with Crippen LogP contribution in [0.4, 0.5) is 11.5 Å². The fourth-order valence-electron chi connectivity index (χ4n) is 4.62. The molecule has 1 saturated heterocycles. The number of benzene rings is 2. The van der Waals surface area contributed by atoms with E-state index in [1.165, 1.54) is 11.3 Å². The Morgan fingerprint density at radius 1 is 1.03 bits per heavy atom. The van der Waals surface area contributed by atoms with E-state index in [9.17, 15) is 4.79 Å². The molecular weight excluding hydrogens is 402 g/mol. The van der Waals surface area contributed by atoms with Crippen molar-refractivity contribution in [2.45, 2.75) is 26.9 Å². The SMILES string of the molecule is CCN1CCN(c2ccccc2CNc2ncnc3cc4c(cc23)[nH]c(=O)n4CC)CC1. The molecule has 2 aromatic heterocycles. The first kappa shape index (κ1) is 20.5. The predicted octanol–water partition coefficient (Wildman–Crippen LogP) is 3.05. The minimum Gasteiger partial charge on any atom is -0.369 e. The van der Waals surface area contributed by atoms with Gasteiger partial charge in [0.2, 0.25) is 0 Å². The number of aromatic amines is 1. The predicted molar refractivity (Wildman–Crippen MR) is 129 cm³/mol. The zero-order valence-electron chi connectivity index (χ0n) is 18.6. The normalized spacial score (nSPS) is 15.0. The molecule has 2 aromatic carbocycles. The van der Waals surface area contributed by atoms with Gasteiger partial charge < -0.3 is 20.1 Å². The molecule has 1 aliphatic rings. The molecule has 0 bridgehead atoms. The fraction of sp³-hybridized carbons (Fsp3) is 0.375. The number of hydrogen-bond acceptors (Lipinski definition) is 6. The molecular formula is C24H29N7O. The van der Waals surface area contributed by atoms with E-state index in [0.717, 1.165) is 60.5 Å². The number of fused-ring (bicyclic) bond motifs is 2. The monoisotopic (exact) mass is 431 g/mol. The Morgan fingerprint density at radius 3 is 2.62 bits per heavy atom. The largest absolute Gasteiger partial charge is 0.369 e. The van der Waals surface area contributed by atoms with Crippen LogP contribution in [0.2, 0.25) is 0 Å². The molecule has 3 heterocycles. The number of aryl methyl sites for hydroxylation is 1. The highest BCUT2D eigenvalue weighted by atomic mass is 16.1. The maximum atomic E-state index is 12.2. The van der Waals surface area contributed by atoms with Crippen molar-refractivity contribution in [3.05, 3.63) is 58.8 Å². The number of likely N-dealkylation sites (N-methyl/N-ethyl adjacent to an activating group) is 1. The number of H-pyrrole nitrogens is 1. The average molecular weight is 432 g/mol. The third kappa shape index (κ3) is 3.71. The summed E-state index contributed by atoms with van der Waals surface area (Å²) in [5.41, 5.74) is 4.91. The van der Waals surface area contributed by atoms with Gasteiger partial charge in [0.05, 0.1) is 16.6 Å². The molecule has 5 rings (SSSR count). The molecule has 8 nitrogen and oxygen atoms in total. The molecule has 0 spiro atoms. The Hall–Kier alpha value is -3.39. The van der Waals surface area contributed by atoms with Crippen LogP contribution in [0.25, 0.3) is 21.9 Å². The van der Waals surface area contributed by atoms with E-state index in [1.54, 1.807) is 10.9 Å². The summed E-state index contributed by atoms with van der Waals surface area (Å²) in [5, 5.41) is 4.42. The Morgan fingerprint density at radius 2 is 1.84 bits per heavy atom. The maximum Gasteiger partial charge on any atom is 0.326 e. The van der Waals surface area contributed by atoms with Crippen LogP contribution in [0, 0.1) is 0 Å². The van der Waals surface area contributed by atoms with Crippen LogP contribution in [-0.2, 0) is 13.1 Å². The molecule has 166 valence electrons. The summed E-state index contributed by atoms with van der Waals surface area (Å²) in [6, 6.07) is 12.5. The molecule has 0 radical (unpaired) electrons. The van der Waals surface area contributed by atoms with Crippen LogP contribution in [0.3, 0.4) is 0 Å². The number of rotatable bonds is 6. The van der Waals surface area contributed by atoms with Crippen molar-refractivity contribution in [1.29, 1.82) is 0 Å². The summed E-state index contributed by atoms with van der Waals surface area (Å²) in [6.07, 6.45) is 1.58. The van der Waals surface area contributed by atoms with Crippen molar-refractivity contribution >= 4 is 33.4 Å². The molecule has 0 saturated carbocycles. The highest BCUT2D eigenvalue weighted by Crippen LogP contribution is 2.27. The lowest BCUT2D eigenvalue weighted by atomic mass is 10.1. The Bertz CT molecular complexity index is 1300. The molecule has 0 unspecified atom stereocenters. The van der Waals surface area contributed by atoms with E-state index >= 15 is 0 Å². The fourth-order valence-corrected chi connectivity index (χ4v) is 4.62. The minimum atomic E-state index is -0.0997. The number of para-hydroxylation sites is 1. The van der Waals surface area contributed by atoms with E-state index < -0.39 is 0 Å². The van der Waals surface area contributed by atoms with Gasteiger partial charge in [-0.25, -0.2) is 14.8 Å². The summed E-state index contributed by atoms with van der Waals surface area (Å²) in [7, 11) is 0. The number of nitrogens with zero attached hydrogens (tertiary/aromatic N) is 5. The topological polar surface area (TPSA) is 82.1 Å². The van der Waals surface area contributed by atoms with Gasteiger partial charge in [0, 0.05) is 50.3 Å². The molecule has 2 N–H and O–H groups in total. The standard InChI is InChI=1S/C24H29N7O/c1-3-29-9-11-30(12-10-29)21-8-6-5-7-17(21)15-25-23-18-13-20-22(14-19(18)26-16-27-23)31(4-2)24(32)28-20/h5-8,13-14,16H,3-4,9-12,15H2,1-2H3,(H,28,32)(H,25,26,27). The van der Waals surface area contributed by atoms with Gasteiger partial charge in [0.1, 0.15) is 12.1 Å².